The van der Waals surface area contributed by atoms with E-state index in [1.807, 2.05) is 30.3 Å². The summed E-state index contributed by atoms with van der Waals surface area (Å²) < 4.78 is 50.0. The minimum atomic E-state index is -1.05. The van der Waals surface area contributed by atoms with Crippen LogP contribution in [-0.4, -0.2) is 28.5 Å². The van der Waals surface area contributed by atoms with E-state index in [0.717, 1.165) is 31.3 Å². The maximum Gasteiger partial charge on any atom is 0.268 e. The molecule has 2 atom stereocenters. The molecular formula is C29H22ClF2N5O4. The van der Waals surface area contributed by atoms with Crippen LogP contribution in [0.25, 0.3) is 11.1 Å². The van der Waals surface area contributed by atoms with Gasteiger partial charge in [-0.1, -0.05) is 41.9 Å². The lowest BCUT2D eigenvalue weighted by molar-refractivity contribution is 0.0539. The van der Waals surface area contributed by atoms with Gasteiger partial charge >= 0.3 is 0 Å². The molecule has 3 aromatic carbocycles. The van der Waals surface area contributed by atoms with Gasteiger partial charge in [0.2, 0.25) is 17.4 Å². The highest BCUT2D eigenvalue weighted by Crippen LogP contribution is 2.55. The molecule has 12 heteroatoms. The van der Waals surface area contributed by atoms with Gasteiger partial charge in [0.05, 0.1) is 16.6 Å². The van der Waals surface area contributed by atoms with Crippen molar-refractivity contribution in [3.05, 3.63) is 82.1 Å². The van der Waals surface area contributed by atoms with Crippen molar-refractivity contribution in [2.75, 3.05) is 12.3 Å². The lowest BCUT2D eigenvalue weighted by Crippen LogP contribution is -2.48. The van der Waals surface area contributed by atoms with Crippen LogP contribution in [0.15, 0.2) is 48.8 Å². The minimum Gasteiger partial charge on any atom is -0.480 e. The monoisotopic (exact) mass is 577 g/mol. The molecule has 0 bridgehead atoms. The summed E-state index contributed by atoms with van der Waals surface area (Å²) in [5, 5.41) is 3.11. The average molecular weight is 578 g/mol. The lowest BCUT2D eigenvalue weighted by Gasteiger charge is -2.35. The third kappa shape index (κ3) is 3.80. The summed E-state index contributed by atoms with van der Waals surface area (Å²) in [4.78, 5) is 20.5. The van der Waals surface area contributed by atoms with Crippen molar-refractivity contribution < 1.29 is 27.8 Å². The van der Waals surface area contributed by atoms with Gasteiger partial charge < -0.3 is 31.0 Å². The molecule has 0 radical (unpaired) electrons. The van der Waals surface area contributed by atoms with Crippen molar-refractivity contribution >= 4 is 23.3 Å². The molecule has 41 heavy (non-hydrogen) atoms. The van der Waals surface area contributed by atoms with Gasteiger partial charge in [-0.15, -0.1) is 0 Å². The number of nitrogen functional groups attached to an aromatic ring is 1. The largest absolute Gasteiger partial charge is 0.480 e. The zero-order valence-electron chi connectivity index (χ0n) is 21.3. The van der Waals surface area contributed by atoms with E-state index in [-0.39, 0.29) is 58.1 Å². The molecular weight excluding hydrogens is 556 g/mol. The number of nitrogens with zero attached hydrogens (tertiary/aromatic N) is 2. The average Bonchev–Trinajstić information content (AvgIpc) is 3.64. The Balaban J connectivity index is 1.45. The molecule has 0 unspecified atom stereocenters. The predicted octanol–water partition coefficient (Wildman–Crippen LogP) is 5.24. The Labute approximate surface area is 237 Å². The van der Waals surface area contributed by atoms with Crippen molar-refractivity contribution in [3.63, 3.8) is 0 Å². The van der Waals surface area contributed by atoms with Crippen LogP contribution in [0, 0.1) is 11.6 Å². The number of fused-ring (bicyclic) bond motifs is 3. The number of amides is 1. The number of nitrogens with two attached hydrogens (primary N) is 2. The van der Waals surface area contributed by atoms with Crippen LogP contribution in [0.5, 0.6) is 28.9 Å². The number of anilines is 1. The predicted molar refractivity (Wildman–Crippen MR) is 145 cm³/mol. The fraction of sp³-hybridized carbons (Fsp3) is 0.207. The molecule has 0 aliphatic carbocycles. The molecule has 7 rings (SSSR count). The highest BCUT2D eigenvalue weighted by molar-refractivity contribution is 6.34. The molecule has 5 N–H and O–H groups in total. The fourth-order valence-corrected chi connectivity index (χ4v) is 6.25. The third-order valence-electron chi connectivity index (χ3n) is 7.82. The van der Waals surface area contributed by atoms with E-state index in [1.54, 1.807) is 0 Å². The van der Waals surface area contributed by atoms with Gasteiger partial charge in [0.15, 0.2) is 23.0 Å². The summed E-state index contributed by atoms with van der Waals surface area (Å²) in [7, 11) is 0. The van der Waals surface area contributed by atoms with Crippen LogP contribution < -0.4 is 31.0 Å². The third-order valence-corrected chi connectivity index (χ3v) is 8.19. The van der Waals surface area contributed by atoms with Crippen LogP contribution in [-0.2, 0) is 12.0 Å². The van der Waals surface area contributed by atoms with Gasteiger partial charge in [0.25, 0.3) is 5.88 Å². The van der Waals surface area contributed by atoms with E-state index in [9.17, 15) is 4.79 Å². The van der Waals surface area contributed by atoms with Gasteiger partial charge in [0, 0.05) is 29.2 Å². The molecule has 1 saturated heterocycles. The lowest BCUT2D eigenvalue weighted by atomic mass is 9.80. The van der Waals surface area contributed by atoms with Crippen LogP contribution >= 0.6 is 11.6 Å². The van der Waals surface area contributed by atoms with Gasteiger partial charge in [0.1, 0.15) is 17.9 Å². The number of benzene rings is 3. The number of primary amides is 1. The maximum absolute atomic E-state index is 16.6. The van der Waals surface area contributed by atoms with Crippen molar-refractivity contribution in [2.45, 2.75) is 30.9 Å². The molecule has 4 heterocycles. The smallest absolute Gasteiger partial charge is 0.268 e. The topological polar surface area (TPSA) is 135 Å². The first-order valence-electron chi connectivity index (χ1n) is 12.9. The first kappa shape index (κ1) is 25.5. The van der Waals surface area contributed by atoms with Crippen LogP contribution in [0.2, 0.25) is 5.02 Å². The molecule has 1 aromatic heterocycles. The van der Waals surface area contributed by atoms with E-state index < -0.39 is 33.9 Å². The number of carbonyl (C=O) groups is 1. The summed E-state index contributed by atoms with van der Waals surface area (Å²) in [6.07, 6.45) is 3.10. The Kier molecular flexibility index (Phi) is 5.77. The quantitative estimate of drug-likeness (QED) is 0.264. The molecule has 0 spiro atoms. The summed E-state index contributed by atoms with van der Waals surface area (Å²) >= 11 is 6.57. The molecule has 3 aliphatic rings. The molecule has 208 valence electrons. The Morgan fingerprint density at radius 3 is 2.61 bits per heavy atom. The van der Waals surface area contributed by atoms with E-state index in [1.165, 1.54) is 12.1 Å². The Morgan fingerprint density at radius 2 is 1.88 bits per heavy atom. The van der Waals surface area contributed by atoms with Gasteiger partial charge in [-0.3, -0.25) is 4.79 Å². The molecule has 0 saturated carbocycles. The SMILES string of the molecule is NC(=O)c1cc2c(c(F)c1-c1c(Cl)c(F)cc3c1C[C@](c1ccccc1)([C@@H]1CCCN1)O3)Oc1c(N)ncnc1O2. The zero-order valence-corrected chi connectivity index (χ0v) is 22.1. The number of nitrogens with one attached hydrogen (secondary N) is 1. The first-order valence-corrected chi connectivity index (χ1v) is 13.3. The summed E-state index contributed by atoms with van der Waals surface area (Å²) in [5.74, 6) is -3.53. The maximum atomic E-state index is 16.6. The molecule has 9 nitrogen and oxygen atoms in total. The standard InChI is InChI=1S/C29H22ClF2N5O4/c30-22-16(31)10-17-15(11-29(41-17,19-7-4-8-35-19)13-5-2-1-3-6-13)20(22)21-14(27(34)38)9-18-24(23(21)32)40-25-26(33)36-12-37-28(25)39-18/h1-3,5-6,9-10,12,19,35H,4,7-8,11H2,(H2,34,38)(H2,33,36,37)/t19-,29-/m0/s1. The second-order valence-corrected chi connectivity index (χ2v) is 10.5. The minimum absolute atomic E-state index is 0.0572. The zero-order chi connectivity index (χ0) is 28.5. The van der Waals surface area contributed by atoms with Crippen LogP contribution in [0.1, 0.15) is 34.3 Å². The van der Waals surface area contributed by atoms with Crippen LogP contribution in [0.4, 0.5) is 14.6 Å². The van der Waals surface area contributed by atoms with E-state index in [4.69, 9.17) is 37.3 Å². The number of ether oxygens (including phenoxy) is 3. The molecule has 4 aromatic rings. The second-order valence-electron chi connectivity index (χ2n) is 10.1. The number of carbonyl (C=O) groups excluding carboxylic acids is 1. The summed E-state index contributed by atoms with van der Waals surface area (Å²) in [6.45, 7) is 0.790. The molecule has 1 fully saturated rings. The normalized spacial score (nSPS) is 20.3. The van der Waals surface area contributed by atoms with Crippen molar-refractivity contribution in [1.29, 1.82) is 0 Å². The summed E-state index contributed by atoms with van der Waals surface area (Å²) in [6, 6.07) is 11.8. The van der Waals surface area contributed by atoms with E-state index in [0.29, 0.717) is 5.56 Å². The van der Waals surface area contributed by atoms with E-state index in [2.05, 4.69) is 15.3 Å². The number of hydrogen-bond acceptors (Lipinski definition) is 8. The summed E-state index contributed by atoms with van der Waals surface area (Å²) in [5.41, 5.74) is 11.3. The van der Waals surface area contributed by atoms with Crippen molar-refractivity contribution in [3.8, 4) is 40.0 Å². The van der Waals surface area contributed by atoms with Gasteiger partial charge in [-0.05, 0) is 31.0 Å². The molecule has 1 amide bonds. The van der Waals surface area contributed by atoms with E-state index >= 15 is 8.78 Å². The Morgan fingerprint density at radius 1 is 1.07 bits per heavy atom. The Hall–Kier alpha value is -4.48. The van der Waals surface area contributed by atoms with Gasteiger partial charge in [-0.25, -0.2) is 13.8 Å². The first-order chi connectivity index (χ1) is 19.8. The number of hydrogen-bond donors (Lipinski definition) is 3. The van der Waals surface area contributed by atoms with Gasteiger partial charge in [-0.2, -0.15) is 4.98 Å². The van der Waals surface area contributed by atoms with Crippen molar-refractivity contribution in [2.24, 2.45) is 5.73 Å². The number of halogens is 3. The number of rotatable bonds is 4. The highest BCUT2D eigenvalue weighted by atomic mass is 35.5. The number of aromatic nitrogens is 2. The second kappa shape index (κ2) is 9.28. The Bertz CT molecular complexity index is 1750. The molecule has 3 aliphatic heterocycles. The van der Waals surface area contributed by atoms with Crippen molar-refractivity contribution in [1.82, 2.24) is 15.3 Å². The highest BCUT2D eigenvalue weighted by Gasteiger charge is 2.50. The van der Waals surface area contributed by atoms with Crippen LogP contribution in [0.3, 0.4) is 0 Å². The fourth-order valence-electron chi connectivity index (χ4n) is 5.99.